The van der Waals surface area contributed by atoms with Crippen LogP contribution >= 0.6 is 0 Å². The van der Waals surface area contributed by atoms with Crippen LogP contribution in [0.2, 0.25) is 0 Å². The maximum Gasteiger partial charge on any atom is 0.317 e. The van der Waals surface area contributed by atoms with Crippen LogP contribution in [0.1, 0.15) is 5.89 Å². The number of carbonyl (C=O) groups is 1. The topological polar surface area (TPSA) is 80.5 Å². The molecule has 0 bridgehead atoms. The van der Waals surface area contributed by atoms with E-state index in [0.717, 1.165) is 5.56 Å². The molecule has 2 rings (SSSR count). The van der Waals surface area contributed by atoms with E-state index in [2.05, 4.69) is 15.5 Å². The molecular weight excluding hydrogens is 260 g/mol. The van der Waals surface area contributed by atoms with Crippen molar-refractivity contribution in [1.82, 2.24) is 20.4 Å². The first kappa shape index (κ1) is 13.9. The van der Waals surface area contributed by atoms with E-state index in [0.29, 0.717) is 17.5 Å². The zero-order chi connectivity index (χ0) is 14.5. The zero-order valence-corrected chi connectivity index (χ0v) is 11.6. The van der Waals surface area contributed by atoms with E-state index >= 15 is 0 Å². The quantitative estimate of drug-likeness (QED) is 0.915. The molecule has 0 saturated heterocycles. The molecule has 0 saturated carbocycles. The fourth-order valence-electron chi connectivity index (χ4n) is 1.57. The number of hydrogen-bond donors (Lipinski definition) is 1. The summed E-state index contributed by atoms with van der Waals surface area (Å²) in [4.78, 5) is 17.1. The minimum atomic E-state index is -0.220. The predicted octanol–water partition coefficient (Wildman–Crippen LogP) is 1.52. The standard InChI is InChI=1S/C13H16N4O3/c1-17(2)13(18)14-8-11-15-12(16-20-11)9-6-4-5-7-10(9)19-3/h4-7H,8H2,1-3H3,(H,14,18). The van der Waals surface area contributed by atoms with Crippen LogP contribution < -0.4 is 10.1 Å². The number of benzene rings is 1. The number of urea groups is 1. The molecule has 7 heteroatoms. The Hall–Kier alpha value is -2.57. The van der Waals surface area contributed by atoms with Gasteiger partial charge in [-0.2, -0.15) is 4.98 Å². The zero-order valence-electron chi connectivity index (χ0n) is 11.6. The summed E-state index contributed by atoms with van der Waals surface area (Å²) in [6.45, 7) is 0.180. The molecule has 7 nitrogen and oxygen atoms in total. The number of nitrogens with one attached hydrogen (secondary N) is 1. The summed E-state index contributed by atoms with van der Waals surface area (Å²) in [5.41, 5.74) is 0.740. The van der Waals surface area contributed by atoms with Gasteiger partial charge in [0, 0.05) is 14.1 Å². The highest BCUT2D eigenvalue weighted by Crippen LogP contribution is 2.26. The van der Waals surface area contributed by atoms with Gasteiger partial charge in [0.15, 0.2) is 0 Å². The summed E-state index contributed by atoms with van der Waals surface area (Å²) < 4.78 is 10.3. The molecule has 1 aromatic carbocycles. The molecule has 0 unspecified atom stereocenters. The average molecular weight is 276 g/mol. The SMILES string of the molecule is COc1ccccc1-c1noc(CNC(=O)N(C)C)n1. The number of para-hydroxylation sites is 1. The van der Waals surface area contributed by atoms with Gasteiger partial charge in [0.05, 0.1) is 19.2 Å². The van der Waals surface area contributed by atoms with Crippen molar-refractivity contribution < 1.29 is 14.1 Å². The molecule has 2 amide bonds. The third kappa shape index (κ3) is 3.05. The van der Waals surface area contributed by atoms with Gasteiger partial charge in [-0.15, -0.1) is 0 Å². The summed E-state index contributed by atoms with van der Waals surface area (Å²) in [7, 11) is 4.89. The second-order valence-corrected chi connectivity index (χ2v) is 4.27. The summed E-state index contributed by atoms with van der Waals surface area (Å²) in [6.07, 6.45) is 0. The van der Waals surface area contributed by atoms with Gasteiger partial charge < -0.3 is 19.5 Å². The Morgan fingerprint density at radius 1 is 1.40 bits per heavy atom. The van der Waals surface area contributed by atoms with Crippen molar-refractivity contribution in [2.75, 3.05) is 21.2 Å². The number of hydrogen-bond acceptors (Lipinski definition) is 5. The lowest BCUT2D eigenvalue weighted by molar-refractivity contribution is 0.215. The lowest BCUT2D eigenvalue weighted by Crippen LogP contribution is -2.33. The highest BCUT2D eigenvalue weighted by molar-refractivity contribution is 5.73. The molecule has 1 N–H and O–H groups in total. The van der Waals surface area contributed by atoms with Crippen molar-refractivity contribution in [3.8, 4) is 17.1 Å². The number of aromatic nitrogens is 2. The van der Waals surface area contributed by atoms with Crippen molar-refractivity contribution in [2.24, 2.45) is 0 Å². The Balaban J connectivity index is 2.11. The molecule has 0 radical (unpaired) electrons. The third-order valence-corrected chi connectivity index (χ3v) is 2.61. The van der Waals surface area contributed by atoms with Gasteiger partial charge in [-0.05, 0) is 12.1 Å². The van der Waals surface area contributed by atoms with Crippen LogP contribution in [0.4, 0.5) is 4.79 Å². The Labute approximate surface area is 116 Å². The van der Waals surface area contributed by atoms with Gasteiger partial charge >= 0.3 is 6.03 Å². The van der Waals surface area contributed by atoms with Gasteiger partial charge in [0.2, 0.25) is 11.7 Å². The van der Waals surface area contributed by atoms with Crippen LogP contribution in [0.15, 0.2) is 28.8 Å². The summed E-state index contributed by atoms with van der Waals surface area (Å²) in [6, 6.07) is 7.16. The van der Waals surface area contributed by atoms with E-state index in [1.54, 1.807) is 21.2 Å². The Morgan fingerprint density at radius 2 is 2.15 bits per heavy atom. The summed E-state index contributed by atoms with van der Waals surface area (Å²) >= 11 is 0. The molecule has 0 aliphatic carbocycles. The predicted molar refractivity (Wildman–Crippen MR) is 72.2 cm³/mol. The molecule has 1 aromatic heterocycles. The summed E-state index contributed by atoms with van der Waals surface area (Å²) in [5.74, 6) is 1.43. The fourth-order valence-corrected chi connectivity index (χ4v) is 1.57. The van der Waals surface area contributed by atoms with Crippen molar-refractivity contribution in [1.29, 1.82) is 0 Å². The van der Waals surface area contributed by atoms with E-state index in [-0.39, 0.29) is 12.6 Å². The Kier molecular flexibility index (Phi) is 4.19. The van der Waals surface area contributed by atoms with Gasteiger partial charge in [-0.25, -0.2) is 4.79 Å². The molecule has 0 spiro atoms. The Bertz CT molecular complexity index is 595. The molecule has 20 heavy (non-hydrogen) atoms. The number of amides is 2. The van der Waals surface area contributed by atoms with Crippen molar-refractivity contribution in [3.63, 3.8) is 0 Å². The van der Waals surface area contributed by atoms with E-state index in [1.807, 2.05) is 24.3 Å². The number of carbonyl (C=O) groups excluding carboxylic acids is 1. The fraction of sp³-hybridized carbons (Fsp3) is 0.308. The molecule has 1 heterocycles. The molecule has 0 aliphatic rings. The smallest absolute Gasteiger partial charge is 0.317 e. The Morgan fingerprint density at radius 3 is 2.85 bits per heavy atom. The number of methoxy groups -OCH3 is 1. The van der Waals surface area contributed by atoms with Crippen molar-refractivity contribution in [3.05, 3.63) is 30.2 Å². The van der Waals surface area contributed by atoms with E-state index < -0.39 is 0 Å². The van der Waals surface area contributed by atoms with Crippen molar-refractivity contribution >= 4 is 6.03 Å². The van der Waals surface area contributed by atoms with Gasteiger partial charge in [0.25, 0.3) is 0 Å². The van der Waals surface area contributed by atoms with Crippen LogP contribution in [0.25, 0.3) is 11.4 Å². The molecule has 0 aliphatic heterocycles. The van der Waals surface area contributed by atoms with Crippen LogP contribution in [-0.4, -0.2) is 42.3 Å². The van der Waals surface area contributed by atoms with Crippen LogP contribution in [0.5, 0.6) is 5.75 Å². The van der Waals surface area contributed by atoms with Crippen LogP contribution in [0.3, 0.4) is 0 Å². The molecule has 2 aromatic rings. The third-order valence-electron chi connectivity index (χ3n) is 2.61. The number of rotatable bonds is 4. The number of ether oxygens (including phenoxy) is 1. The molecule has 0 atom stereocenters. The normalized spacial score (nSPS) is 10.2. The second kappa shape index (κ2) is 6.05. The highest BCUT2D eigenvalue weighted by atomic mass is 16.5. The average Bonchev–Trinajstić information content (AvgIpc) is 2.93. The maximum atomic E-state index is 11.4. The maximum absolute atomic E-state index is 11.4. The molecule has 0 fully saturated rings. The molecular formula is C13H16N4O3. The van der Waals surface area contributed by atoms with Crippen LogP contribution in [-0.2, 0) is 6.54 Å². The number of nitrogens with zero attached hydrogens (tertiary/aromatic N) is 3. The second-order valence-electron chi connectivity index (χ2n) is 4.27. The van der Waals surface area contributed by atoms with Gasteiger partial charge in [0.1, 0.15) is 5.75 Å². The first-order chi connectivity index (χ1) is 9.61. The van der Waals surface area contributed by atoms with E-state index in [4.69, 9.17) is 9.26 Å². The highest BCUT2D eigenvalue weighted by Gasteiger charge is 2.13. The molecule has 106 valence electrons. The lowest BCUT2D eigenvalue weighted by Gasteiger charge is -2.09. The van der Waals surface area contributed by atoms with Gasteiger partial charge in [-0.3, -0.25) is 0 Å². The van der Waals surface area contributed by atoms with Crippen molar-refractivity contribution in [2.45, 2.75) is 6.54 Å². The largest absolute Gasteiger partial charge is 0.496 e. The lowest BCUT2D eigenvalue weighted by atomic mass is 10.2. The van der Waals surface area contributed by atoms with Gasteiger partial charge in [-0.1, -0.05) is 17.3 Å². The van der Waals surface area contributed by atoms with E-state index in [9.17, 15) is 4.79 Å². The monoisotopic (exact) mass is 276 g/mol. The minimum absolute atomic E-state index is 0.180. The first-order valence-corrected chi connectivity index (χ1v) is 6.03. The van der Waals surface area contributed by atoms with E-state index in [1.165, 1.54) is 4.90 Å². The minimum Gasteiger partial charge on any atom is -0.496 e. The first-order valence-electron chi connectivity index (χ1n) is 6.03. The van der Waals surface area contributed by atoms with Crippen LogP contribution in [0, 0.1) is 0 Å². The summed E-state index contributed by atoms with van der Waals surface area (Å²) in [5, 5.41) is 6.54.